The molecule has 0 amide bonds. The predicted octanol–water partition coefficient (Wildman–Crippen LogP) is 3.33. The number of ether oxygens (including phenoxy) is 1. The topological polar surface area (TPSA) is 17.4 Å². The number of aromatic nitrogens is 1. The van der Waals surface area contributed by atoms with Crippen molar-refractivity contribution in [1.29, 1.82) is 0 Å². The molecule has 1 aromatic carbocycles. The van der Waals surface area contributed by atoms with Gasteiger partial charge in [-0.15, -0.1) is 0 Å². The Morgan fingerprint density at radius 2 is 1.73 bits per heavy atom. The molecule has 3 nitrogen and oxygen atoms in total. The number of para-hydroxylation sites is 1. The van der Waals surface area contributed by atoms with Crippen LogP contribution in [0.15, 0.2) is 42.6 Å². The fourth-order valence-electron chi connectivity index (χ4n) is 2.69. The molecule has 0 unspecified atom stereocenters. The molecule has 0 spiro atoms. The third-order valence-corrected chi connectivity index (χ3v) is 3.79. The van der Waals surface area contributed by atoms with E-state index >= 15 is 0 Å². The molecule has 0 radical (unpaired) electrons. The van der Waals surface area contributed by atoms with E-state index in [1.807, 2.05) is 6.07 Å². The number of morpholine rings is 1. The SMILES string of the molecule is FC(F)(F)c1ccccc1-n1cccc1CN1CCOCC1. The summed E-state index contributed by atoms with van der Waals surface area (Å²) < 4.78 is 46.5. The molecule has 6 heteroatoms. The van der Waals surface area contributed by atoms with Crippen molar-refractivity contribution in [1.82, 2.24) is 9.47 Å². The lowest BCUT2D eigenvalue weighted by Crippen LogP contribution is -2.36. The Balaban J connectivity index is 1.92. The number of nitrogens with zero attached hydrogens (tertiary/aromatic N) is 2. The summed E-state index contributed by atoms with van der Waals surface area (Å²) in [6, 6.07) is 9.31. The first-order valence-corrected chi connectivity index (χ1v) is 7.18. The molecular formula is C16H17F3N2O. The third kappa shape index (κ3) is 3.18. The highest BCUT2D eigenvalue weighted by Gasteiger charge is 2.33. The quantitative estimate of drug-likeness (QED) is 0.865. The van der Waals surface area contributed by atoms with Gasteiger partial charge in [0, 0.05) is 31.5 Å². The van der Waals surface area contributed by atoms with Crippen molar-refractivity contribution in [2.45, 2.75) is 12.7 Å². The van der Waals surface area contributed by atoms with E-state index in [-0.39, 0.29) is 5.69 Å². The number of hydrogen-bond acceptors (Lipinski definition) is 2. The van der Waals surface area contributed by atoms with Gasteiger partial charge in [-0.05, 0) is 24.3 Å². The summed E-state index contributed by atoms with van der Waals surface area (Å²) in [6.45, 7) is 3.54. The Kier molecular flexibility index (Phi) is 4.22. The van der Waals surface area contributed by atoms with Gasteiger partial charge in [-0.1, -0.05) is 12.1 Å². The number of alkyl halides is 3. The van der Waals surface area contributed by atoms with Gasteiger partial charge in [-0.25, -0.2) is 0 Å². The number of rotatable bonds is 3. The summed E-state index contributed by atoms with van der Waals surface area (Å²) in [6.07, 6.45) is -2.68. The van der Waals surface area contributed by atoms with Crippen LogP contribution in [-0.2, 0) is 17.5 Å². The Hall–Kier alpha value is -1.79. The molecule has 1 aromatic heterocycles. The number of benzene rings is 1. The Morgan fingerprint density at radius 1 is 1.00 bits per heavy atom. The van der Waals surface area contributed by atoms with Crippen molar-refractivity contribution in [2.24, 2.45) is 0 Å². The van der Waals surface area contributed by atoms with Gasteiger partial charge in [0.25, 0.3) is 0 Å². The molecule has 0 atom stereocenters. The van der Waals surface area contributed by atoms with E-state index in [9.17, 15) is 13.2 Å². The molecular weight excluding hydrogens is 293 g/mol. The van der Waals surface area contributed by atoms with Gasteiger partial charge < -0.3 is 9.30 Å². The van der Waals surface area contributed by atoms with E-state index in [0.717, 1.165) is 24.8 Å². The highest BCUT2D eigenvalue weighted by Crippen LogP contribution is 2.34. The first kappa shape index (κ1) is 15.1. The van der Waals surface area contributed by atoms with Gasteiger partial charge in [0.15, 0.2) is 0 Å². The van der Waals surface area contributed by atoms with Gasteiger partial charge in [0.2, 0.25) is 0 Å². The van der Waals surface area contributed by atoms with Gasteiger partial charge >= 0.3 is 6.18 Å². The molecule has 0 aliphatic carbocycles. The second-order valence-electron chi connectivity index (χ2n) is 5.27. The molecule has 3 rings (SSSR count). The van der Waals surface area contributed by atoms with Gasteiger partial charge in [-0.3, -0.25) is 4.90 Å². The summed E-state index contributed by atoms with van der Waals surface area (Å²) >= 11 is 0. The van der Waals surface area contributed by atoms with Crippen LogP contribution in [0.5, 0.6) is 0 Å². The van der Waals surface area contributed by atoms with Crippen LogP contribution in [0.1, 0.15) is 11.3 Å². The zero-order valence-corrected chi connectivity index (χ0v) is 12.0. The van der Waals surface area contributed by atoms with Crippen molar-refractivity contribution in [3.8, 4) is 5.69 Å². The molecule has 0 bridgehead atoms. The lowest BCUT2D eigenvalue weighted by Gasteiger charge is -2.27. The van der Waals surface area contributed by atoms with Crippen molar-refractivity contribution in [2.75, 3.05) is 26.3 Å². The highest BCUT2D eigenvalue weighted by molar-refractivity contribution is 5.44. The molecule has 0 N–H and O–H groups in total. The van der Waals surface area contributed by atoms with Crippen LogP contribution < -0.4 is 0 Å². The standard InChI is InChI=1S/C16H17F3N2O/c17-16(18,19)14-5-1-2-6-15(14)21-7-3-4-13(21)12-20-8-10-22-11-9-20/h1-7H,8-12H2. The lowest BCUT2D eigenvalue weighted by atomic mass is 10.1. The second-order valence-corrected chi connectivity index (χ2v) is 5.27. The number of hydrogen-bond donors (Lipinski definition) is 0. The molecule has 22 heavy (non-hydrogen) atoms. The fraction of sp³-hybridized carbons (Fsp3) is 0.375. The molecule has 1 aliphatic rings. The van der Waals surface area contributed by atoms with Crippen LogP contribution in [0.25, 0.3) is 5.69 Å². The number of halogens is 3. The van der Waals surface area contributed by atoms with Gasteiger partial charge in [0.1, 0.15) is 0 Å². The van der Waals surface area contributed by atoms with Crippen molar-refractivity contribution in [3.05, 3.63) is 53.9 Å². The Morgan fingerprint density at radius 3 is 2.45 bits per heavy atom. The lowest BCUT2D eigenvalue weighted by molar-refractivity contribution is -0.137. The summed E-state index contributed by atoms with van der Waals surface area (Å²) in [5.41, 5.74) is 0.399. The Bertz CT molecular complexity index is 630. The first-order chi connectivity index (χ1) is 10.6. The van der Waals surface area contributed by atoms with E-state index in [1.54, 1.807) is 22.9 Å². The van der Waals surface area contributed by atoms with E-state index in [1.165, 1.54) is 12.1 Å². The summed E-state index contributed by atoms with van der Waals surface area (Å²) in [7, 11) is 0. The van der Waals surface area contributed by atoms with Crippen LogP contribution >= 0.6 is 0 Å². The molecule has 1 aliphatic heterocycles. The maximum Gasteiger partial charge on any atom is 0.418 e. The molecule has 1 fully saturated rings. The predicted molar refractivity (Wildman–Crippen MR) is 76.9 cm³/mol. The van der Waals surface area contributed by atoms with Crippen molar-refractivity contribution in [3.63, 3.8) is 0 Å². The maximum atomic E-state index is 13.2. The van der Waals surface area contributed by atoms with E-state index in [0.29, 0.717) is 19.8 Å². The first-order valence-electron chi connectivity index (χ1n) is 7.18. The zero-order valence-electron chi connectivity index (χ0n) is 12.0. The smallest absolute Gasteiger partial charge is 0.379 e. The molecule has 2 aromatic rings. The summed E-state index contributed by atoms with van der Waals surface area (Å²) in [4.78, 5) is 2.19. The van der Waals surface area contributed by atoms with E-state index in [4.69, 9.17) is 4.74 Å². The normalized spacial score (nSPS) is 16.9. The minimum absolute atomic E-state index is 0.170. The van der Waals surface area contributed by atoms with Gasteiger partial charge in [-0.2, -0.15) is 13.2 Å². The largest absolute Gasteiger partial charge is 0.418 e. The van der Waals surface area contributed by atoms with Crippen LogP contribution in [0.3, 0.4) is 0 Å². The second kappa shape index (κ2) is 6.14. The van der Waals surface area contributed by atoms with Crippen LogP contribution in [0.2, 0.25) is 0 Å². The van der Waals surface area contributed by atoms with Crippen molar-refractivity contribution < 1.29 is 17.9 Å². The van der Waals surface area contributed by atoms with E-state index < -0.39 is 11.7 Å². The average Bonchev–Trinajstić information content (AvgIpc) is 2.95. The maximum absolute atomic E-state index is 13.2. The average molecular weight is 310 g/mol. The van der Waals surface area contributed by atoms with Crippen molar-refractivity contribution >= 4 is 0 Å². The summed E-state index contributed by atoms with van der Waals surface area (Å²) in [5, 5.41) is 0. The van der Waals surface area contributed by atoms with Crippen LogP contribution in [0, 0.1) is 0 Å². The molecule has 1 saturated heterocycles. The minimum atomic E-state index is -4.36. The zero-order chi connectivity index (χ0) is 15.6. The monoisotopic (exact) mass is 310 g/mol. The Labute approximate surface area is 126 Å². The van der Waals surface area contributed by atoms with Crippen LogP contribution in [0.4, 0.5) is 13.2 Å². The van der Waals surface area contributed by atoms with Gasteiger partial charge in [0.05, 0.1) is 24.5 Å². The molecule has 0 saturated carbocycles. The third-order valence-electron chi connectivity index (χ3n) is 3.79. The molecule has 2 heterocycles. The van der Waals surface area contributed by atoms with E-state index in [2.05, 4.69) is 4.90 Å². The van der Waals surface area contributed by atoms with Crippen LogP contribution in [-0.4, -0.2) is 35.8 Å². The molecule has 118 valence electrons. The fourth-order valence-corrected chi connectivity index (χ4v) is 2.69. The summed E-state index contributed by atoms with van der Waals surface area (Å²) in [5.74, 6) is 0. The minimum Gasteiger partial charge on any atom is -0.379 e. The highest BCUT2D eigenvalue weighted by atomic mass is 19.4.